The predicted octanol–water partition coefficient (Wildman–Crippen LogP) is 2.50. The maximum absolute atomic E-state index is 12.7. The summed E-state index contributed by atoms with van der Waals surface area (Å²) in [5, 5.41) is 3.10. The number of hydrogen-bond donors (Lipinski definition) is 1. The third-order valence-corrected chi connectivity index (χ3v) is 4.19. The second-order valence-electron chi connectivity index (χ2n) is 5.63. The van der Waals surface area contributed by atoms with Crippen molar-refractivity contribution in [1.29, 1.82) is 0 Å². The van der Waals surface area contributed by atoms with Gasteiger partial charge in [0.25, 0.3) is 0 Å². The number of carbonyl (C=O) groups is 1. The van der Waals surface area contributed by atoms with E-state index < -0.39 is 0 Å². The van der Waals surface area contributed by atoms with Gasteiger partial charge in [-0.2, -0.15) is 0 Å². The normalized spacial score (nSPS) is 15.9. The van der Waals surface area contributed by atoms with Gasteiger partial charge in [-0.1, -0.05) is 36.8 Å². The van der Waals surface area contributed by atoms with Crippen LogP contribution >= 0.6 is 12.4 Å². The Kier molecular flexibility index (Phi) is 6.50. The van der Waals surface area contributed by atoms with Gasteiger partial charge in [-0.15, -0.1) is 12.4 Å². The lowest BCUT2D eigenvalue weighted by Crippen LogP contribution is -2.49. The van der Waals surface area contributed by atoms with Crippen molar-refractivity contribution < 1.29 is 4.79 Å². The van der Waals surface area contributed by atoms with E-state index in [1.54, 1.807) is 0 Å². The van der Waals surface area contributed by atoms with Crippen molar-refractivity contribution in [3.05, 3.63) is 35.9 Å². The van der Waals surface area contributed by atoms with Gasteiger partial charge in [-0.05, 0) is 31.9 Å². The van der Waals surface area contributed by atoms with Crippen LogP contribution in [-0.4, -0.2) is 38.0 Å². The van der Waals surface area contributed by atoms with E-state index in [9.17, 15) is 4.79 Å². The summed E-state index contributed by atoms with van der Waals surface area (Å²) in [6, 6.07) is 10.4. The first kappa shape index (κ1) is 17.0. The molecule has 0 aromatic heterocycles. The summed E-state index contributed by atoms with van der Waals surface area (Å²) in [6.45, 7) is 1.63. The molecule has 0 saturated heterocycles. The molecule has 1 amide bonds. The molecule has 112 valence electrons. The maximum Gasteiger partial charge on any atom is 0.228 e. The molecule has 20 heavy (non-hydrogen) atoms. The van der Waals surface area contributed by atoms with E-state index in [1.807, 2.05) is 25.1 Å². The minimum atomic E-state index is -0.135. The maximum atomic E-state index is 12.7. The van der Waals surface area contributed by atoms with Gasteiger partial charge >= 0.3 is 0 Å². The number of halogens is 1. The Morgan fingerprint density at radius 3 is 2.45 bits per heavy atom. The van der Waals surface area contributed by atoms with Crippen LogP contribution < -0.4 is 5.32 Å². The van der Waals surface area contributed by atoms with Gasteiger partial charge in [0.15, 0.2) is 0 Å². The summed E-state index contributed by atoms with van der Waals surface area (Å²) in [4.78, 5) is 14.5. The molecule has 1 saturated carbocycles. The SMILES string of the molecule is CNCCN(C)C(=O)C1(Cc2ccccc2)CCC1.Cl. The van der Waals surface area contributed by atoms with Gasteiger partial charge in [-0.3, -0.25) is 4.79 Å². The van der Waals surface area contributed by atoms with Crippen LogP contribution in [0.3, 0.4) is 0 Å². The zero-order valence-electron chi connectivity index (χ0n) is 12.4. The Morgan fingerprint density at radius 1 is 1.30 bits per heavy atom. The monoisotopic (exact) mass is 296 g/mol. The zero-order valence-corrected chi connectivity index (χ0v) is 13.2. The first-order valence-corrected chi connectivity index (χ1v) is 7.12. The van der Waals surface area contributed by atoms with E-state index in [2.05, 4.69) is 29.6 Å². The molecule has 1 aliphatic rings. The molecular formula is C16H25ClN2O. The van der Waals surface area contributed by atoms with Crippen molar-refractivity contribution in [2.75, 3.05) is 27.2 Å². The van der Waals surface area contributed by atoms with Crippen molar-refractivity contribution >= 4 is 18.3 Å². The van der Waals surface area contributed by atoms with Crippen LogP contribution in [-0.2, 0) is 11.2 Å². The Morgan fingerprint density at radius 2 is 1.95 bits per heavy atom. The molecule has 0 heterocycles. The highest BCUT2D eigenvalue weighted by atomic mass is 35.5. The smallest absolute Gasteiger partial charge is 0.228 e. The van der Waals surface area contributed by atoms with Gasteiger partial charge < -0.3 is 10.2 Å². The second-order valence-corrected chi connectivity index (χ2v) is 5.63. The van der Waals surface area contributed by atoms with Crippen LogP contribution in [0.4, 0.5) is 0 Å². The lowest BCUT2D eigenvalue weighted by atomic mass is 9.64. The summed E-state index contributed by atoms with van der Waals surface area (Å²) in [6.07, 6.45) is 4.13. The van der Waals surface area contributed by atoms with Gasteiger partial charge in [0.1, 0.15) is 0 Å². The number of rotatable bonds is 6. The minimum Gasteiger partial charge on any atom is -0.344 e. The van der Waals surface area contributed by atoms with E-state index in [4.69, 9.17) is 0 Å². The Labute approximate surface area is 128 Å². The average molecular weight is 297 g/mol. The summed E-state index contributed by atoms with van der Waals surface area (Å²) >= 11 is 0. The van der Waals surface area contributed by atoms with E-state index >= 15 is 0 Å². The molecule has 0 atom stereocenters. The van der Waals surface area contributed by atoms with Gasteiger partial charge in [0.05, 0.1) is 5.41 Å². The summed E-state index contributed by atoms with van der Waals surface area (Å²) < 4.78 is 0. The van der Waals surface area contributed by atoms with Crippen LogP contribution in [0, 0.1) is 5.41 Å². The predicted molar refractivity (Wildman–Crippen MR) is 85.2 cm³/mol. The molecule has 0 unspecified atom stereocenters. The highest BCUT2D eigenvalue weighted by Gasteiger charge is 2.45. The first-order chi connectivity index (χ1) is 9.18. The average Bonchev–Trinajstić information content (AvgIpc) is 2.40. The Hall–Kier alpha value is -1.06. The van der Waals surface area contributed by atoms with Crippen molar-refractivity contribution in [2.45, 2.75) is 25.7 Å². The van der Waals surface area contributed by atoms with E-state index in [0.717, 1.165) is 32.4 Å². The van der Waals surface area contributed by atoms with Gasteiger partial charge in [0.2, 0.25) is 5.91 Å². The molecule has 0 spiro atoms. The molecular weight excluding hydrogens is 272 g/mol. The summed E-state index contributed by atoms with van der Waals surface area (Å²) in [5.74, 6) is 0.317. The number of nitrogens with zero attached hydrogens (tertiary/aromatic N) is 1. The summed E-state index contributed by atoms with van der Waals surface area (Å²) in [7, 11) is 3.84. The number of likely N-dealkylation sites (N-methyl/N-ethyl adjacent to an activating group) is 2. The third-order valence-electron chi connectivity index (χ3n) is 4.19. The highest BCUT2D eigenvalue weighted by molar-refractivity contribution is 5.85. The molecule has 3 nitrogen and oxygen atoms in total. The van der Waals surface area contributed by atoms with Crippen molar-refractivity contribution in [3.63, 3.8) is 0 Å². The van der Waals surface area contributed by atoms with Crippen LogP contribution in [0.15, 0.2) is 30.3 Å². The molecule has 0 aliphatic heterocycles. The van der Waals surface area contributed by atoms with Crippen LogP contribution in [0.1, 0.15) is 24.8 Å². The molecule has 1 aliphatic carbocycles. The minimum absolute atomic E-state index is 0. The fourth-order valence-electron chi connectivity index (χ4n) is 2.84. The largest absolute Gasteiger partial charge is 0.344 e. The molecule has 1 fully saturated rings. The van der Waals surface area contributed by atoms with Crippen molar-refractivity contribution in [2.24, 2.45) is 5.41 Å². The summed E-state index contributed by atoms with van der Waals surface area (Å²) in [5.41, 5.74) is 1.14. The highest BCUT2D eigenvalue weighted by Crippen LogP contribution is 2.45. The fourth-order valence-corrected chi connectivity index (χ4v) is 2.84. The van der Waals surface area contributed by atoms with E-state index in [1.165, 1.54) is 12.0 Å². The molecule has 0 bridgehead atoms. The topological polar surface area (TPSA) is 32.3 Å². The second kappa shape index (κ2) is 7.65. The lowest BCUT2D eigenvalue weighted by Gasteiger charge is -2.43. The molecule has 1 aromatic rings. The standard InChI is InChI=1S/C16H24N2O.ClH/c1-17-11-12-18(2)15(19)16(9-6-10-16)13-14-7-4-3-5-8-14;/h3-5,7-8,17H,6,9-13H2,1-2H3;1H. The number of hydrogen-bond acceptors (Lipinski definition) is 2. The van der Waals surface area contributed by atoms with Gasteiger partial charge in [-0.25, -0.2) is 0 Å². The van der Waals surface area contributed by atoms with E-state index in [0.29, 0.717) is 5.91 Å². The van der Waals surface area contributed by atoms with E-state index in [-0.39, 0.29) is 17.8 Å². The molecule has 0 radical (unpaired) electrons. The quantitative estimate of drug-likeness (QED) is 0.875. The lowest BCUT2D eigenvalue weighted by molar-refractivity contribution is -0.146. The van der Waals surface area contributed by atoms with Crippen LogP contribution in [0.2, 0.25) is 0 Å². The number of carbonyl (C=O) groups excluding carboxylic acids is 1. The molecule has 2 rings (SSSR count). The Balaban J connectivity index is 0.00000200. The van der Waals surface area contributed by atoms with Gasteiger partial charge in [0, 0.05) is 20.1 Å². The van der Waals surface area contributed by atoms with Crippen LogP contribution in [0.25, 0.3) is 0 Å². The molecule has 1 aromatic carbocycles. The molecule has 1 N–H and O–H groups in total. The van der Waals surface area contributed by atoms with Crippen LogP contribution in [0.5, 0.6) is 0 Å². The first-order valence-electron chi connectivity index (χ1n) is 7.12. The molecule has 4 heteroatoms. The zero-order chi connectivity index (χ0) is 13.7. The third kappa shape index (κ3) is 3.74. The number of nitrogens with one attached hydrogen (secondary N) is 1. The fraction of sp³-hybridized carbons (Fsp3) is 0.562. The van der Waals surface area contributed by atoms with Crippen molar-refractivity contribution in [3.8, 4) is 0 Å². The van der Waals surface area contributed by atoms with Crippen molar-refractivity contribution in [1.82, 2.24) is 10.2 Å². The number of amides is 1. The Bertz CT molecular complexity index is 418. The number of benzene rings is 1.